The van der Waals surface area contributed by atoms with Crippen LogP contribution in [0.2, 0.25) is 0 Å². The molecule has 144 valence electrons. The summed E-state index contributed by atoms with van der Waals surface area (Å²) in [4.78, 5) is 15.8. The molecule has 27 heavy (non-hydrogen) atoms. The van der Waals surface area contributed by atoms with Gasteiger partial charge in [0.15, 0.2) is 0 Å². The number of benzene rings is 1. The van der Waals surface area contributed by atoms with Crippen LogP contribution >= 0.6 is 0 Å². The Bertz CT molecular complexity index is 1040. The molecule has 0 amide bonds. The highest BCUT2D eigenvalue weighted by atomic mass is 32.2. The largest absolute Gasteiger partial charge is 0.534 e. The standard InChI is InChI=1S/C17H14F3NO5S/c1-4-6-11-8-12(16(22)25-5-2)9-13-10(3)7-14(21-15(11)13)26-27(23,24)17(18,19)20/h1,7-9H,5-6H2,2-3H3. The van der Waals surface area contributed by atoms with E-state index in [1.807, 2.05) is 0 Å². The van der Waals surface area contributed by atoms with Crippen molar-refractivity contribution in [1.29, 1.82) is 0 Å². The zero-order valence-corrected chi connectivity index (χ0v) is 15.1. The summed E-state index contributed by atoms with van der Waals surface area (Å²) in [6.45, 7) is 3.30. The molecule has 1 aromatic heterocycles. The first-order valence-corrected chi connectivity index (χ1v) is 8.96. The lowest BCUT2D eigenvalue weighted by Gasteiger charge is -2.13. The molecule has 0 aliphatic heterocycles. The first-order valence-electron chi connectivity index (χ1n) is 7.55. The van der Waals surface area contributed by atoms with E-state index in [2.05, 4.69) is 15.1 Å². The van der Waals surface area contributed by atoms with Crippen LogP contribution in [0.1, 0.15) is 28.4 Å². The van der Waals surface area contributed by atoms with Gasteiger partial charge in [-0.05, 0) is 37.1 Å². The molecule has 1 heterocycles. The van der Waals surface area contributed by atoms with Gasteiger partial charge in [-0.25, -0.2) is 9.78 Å². The Labute approximate surface area is 153 Å². The fourth-order valence-electron chi connectivity index (χ4n) is 2.31. The van der Waals surface area contributed by atoms with Gasteiger partial charge >= 0.3 is 21.6 Å². The SMILES string of the molecule is C#CCc1cc(C(=O)OCC)cc2c(C)cc(OS(=O)(=O)C(F)(F)F)nc12. The number of hydrogen-bond donors (Lipinski definition) is 0. The van der Waals surface area contributed by atoms with E-state index < -0.39 is 27.5 Å². The quantitative estimate of drug-likeness (QED) is 0.331. The summed E-state index contributed by atoms with van der Waals surface area (Å²) in [5.41, 5.74) is -4.58. The van der Waals surface area contributed by atoms with Gasteiger partial charge < -0.3 is 8.92 Å². The number of aromatic nitrogens is 1. The average molecular weight is 401 g/mol. The summed E-state index contributed by atoms with van der Waals surface area (Å²) >= 11 is 0. The van der Waals surface area contributed by atoms with Crippen molar-refractivity contribution in [1.82, 2.24) is 4.98 Å². The van der Waals surface area contributed by atoms with E-state index in [0.717, 1.165) is 6.07 Å². The first-order chi connectivity index (χ1) is 12.5. The Kier molecular flexibility index (Phi) is 5.65. The topological polar surface area (TPSA) is 82.6 Å². The van der Waals surface area contributed by atoms with Crippen LogP contribution in [0.4, 0.5) is 13.2 Å². The molecule has 10 heteroatoms. The molecular formula is C17H14F3NO5S. The van der Waals surface area contributed by atoms with Gasteiger partial charge in [0.1, 0.15) is 0 Å². The molecular weight excluding hydrogens is 387 g/mol. The fourth-order valence-corrected chi connectivity index (χ4v) is 2.72. The Morgan fingerprint density at radius 2 is 1.96 bits per heavy atom. The summed E-state index contributed by atoms with van der Waals surface area (Å²) in [5, 5.41) is 0.405. The monoisotopic (exact) mass is 401 g/mol. The molecule has 2 rings (SSSR count). The summed E-state index contributed by atoms with van der Waals surface area (Å²) in [7, 11) is -5.87. The first kappa shape index (κ1) is 20.5. The van der Waals surface area contributed by atoms with Gasteiger partial charge in [-0.3, -0.25) is 0 Å². The maximum atomic E-state index is 12.5. The van der Waals surface area contributed by atoms with Crippen molar-refractivity contribution >= 4 is 27.0 Å². The van der Waals surface area contributed by atoms with Crippen molar-refractivity contribution < 1.29 is 35.3 Å². The zero-order valence-electron chi connectivity index (χ0n) is 14.3. The fraction of sp³-hybridized carbons (Fsp3) is 0.294. The molecule has 1 aromatic carbocycles. The highest BCUT2D eigenvalue weighted by Crippen LogP contribution is 2.30. The summed E-state index contributed by atoms with van der Waals surface area (Å²) in [6.07, 6.45) is 5.31. The third kappa shape index (κ3) is 4.31. The minimum atomic E-state index is -5.87. The molecule has 0 N–H and O–H groups in total. The summed E-state index contributed by atoms with van der Waals surface area (Å²) in [5.74, 6) is 1.00. The summed E-state index contributed by atoms with van der Waals surface area (Å²) in [6, 6.07) is 3.87. The third-order valence-corrected chi connectivity index (χ3v) is 4.42. The number of carbonyl (C=O) groups excluding carboxylic acids is 1. The van der Waals surface area contributed by atoms with Gasteiger partial charge in [0.25, 0.3) is 0 Å². The Hall–Kier alpha value is -2.80. The lowest BCUT2D eigenvalue weighted by molar-refractivity contribution is -0.0501. The minimum Gasteiger partial charge on any atom is -0.462 e. The maximum absolute atomic E-state index is 12.5. The number of rotatable bonds is 5. The third-order valence-electron chi connectivity index (χ3n) is 3.46. The number of nitrogens with zero attached hydrogens (tertiary/aromatic N) is 1. The molecule has 6 nitrogen and oxygen atoms in total. The van der Waals surface area contributed by atoms with Crippen molar-refractivity contribution in [2.45, 2.75) is 25.8 Å². The van der Waals surface area contributed by atoms with Gasteiger partial charge in [0.2, 0.25) is 5.88 Å². The molecule has 0 fully saturated rings. The van der Waals surface area contributed by atoms with E-state index in [1.165, 1.54) is 19.1 Å². The van der Waals surface area contributed by atoms with Crippen LogP contribution < -0.4 is 4.18 Å². The van der Waals surface area contributed by atoms with Crippen molar-refractivity contribution in [2.24, 2.45) is 0 Å². The predicted molar refractivity (Wildman–Crippen MR) is 90.6 cm³/mol. The lowest BCUT2D eigenvalue weighted by atomic mass is 10.00. The van der Waals surface area contributed by atoms with Crippen LogP contribution in [0.5, 0.6) is 5.88 Å². The number of fused-ring (bicyclic) bond motifs is 1. The molecule has 0 saturated heterocycles. The van der Waals surface area contributed by atoms with Gasteiger partial charge in [-0.1, -0.05) is 0 Å². The number of carbonyl (C=O) groups is 1. The number of halogens is 3. The second-order valence-electron chi connectivity index (χ2n) is 5.39. The number of ether oxygens (including phenoxy) is 1. The van der Waals surface area contributed by atoms with Crippen molar-refractivity contribution in [3.8, 4) is 18.2 Å². The van der Waals surface area contributed by atoms with E-state index in [1.54, 1.807) is 6.92 Å². The van der Waals surface area contributed by atoms with Crippen LogP contribution in [0.3, 0.4) is 0 Å². The molecule has 0 aliphatic rings. The van der Waals surface area contributed by atoms with Crippen LogP contribution in [0.15, 0.2) is 18.2 Å². The lowest BCUT2D eigenvalue weighted by Crippen LogP contribution is -2.28. The minimum absolute atomic E-state index is 0.00561. The van der Waals surface area contributed by atoms with Gasteiger partial charge in [-0.2, -0.15) is 21.6 Å². The van der Waals surface area contributed by atoms with E-state index >= 15 is 0 Å². The second kappa shape index (κ2) is 7.44. The Balaban J connectivity index is 2.65. The van der Waals surface area contributed by atoms with Crippen LogP contribution in [-0.4, -0.2) is 31.5 Å². The Morgan fingerprint density at radius 3 is 2.52 bits per heavy atom. The second-order valence-corrected chi connectivity index (χ2v) is 6.93. The van der Waals surface area contributed by atoms with Gasteiger partial charge in [0.05, 0.1) is 17.7 Å². The van der Waals surface area contributed by atoms with Crippen molar-refractivity contribution in [3.63, 3.8) is 0 Å². The highest BCUT2D eigenvalue weighted by Gasteiger charge is 2.48. The molecule has 0 saturated carbocycles. The molecule has 0 radical (unpaired) electrons. The van der Waals surface area contributed by atoms with E-state index in [0.29, 0.717) is 16.5 Å². The average Bonchev–Trinajstić information content (AvgIpc) is 2.54. The smallest absolute Gasteiger partial charge is 0.462 e. The van der Waals surface area contributed by atoms with Crippen molar-refractivity contribution in [2.75, 3.05) is 6.61 Å². The van der Waals surface area contributed by atoms with Crippen molar-refractivity contribution in [3.05, 3.63) is 34.9 Å². The van der Waals surface area contributed by atoms with Crippen LogP contribution in [-0.2, 0) is 21.3 Å². The number of alkyl halides is 3. The number of terminal acetylenes is 1. The van der Waals surface area contributed by atoms with E-state index in [-0.39, 0.29) is 24.1 Å². The maximum Gasteiger partial charge on any atom is 0.534 e. The number of hydrogen-bond acceptors (Lipinski definition) is 6. The molecule has 0 atom stereocenters. The van der Waals surface area contributed by atoms with E-state index in [9.17, 15) is 26.4 Å². The molecule has 0 unspecified atom stereocenters. The molecule has 0 spiro atoms. The Morgan fingerprint density at radius 1 is 1.30 bits per heavy atom. The molecule has 0 aliphatic carbocycles. The number of pyridine rings is 1. The van der Waals surface area contributed by atoms with E-state index in [4.69, 9.17) is 11.2 Å². The van der Waals surface area contributed by atoms with Gasteiger partial charge in [-0.15, -0.1) is 12.3 Å². The van der Waals surface area contributed by atoms with Crippen LogP contribution in [0.25, 0.3) is 10.9 Å². The molecule has 0 bridgehead atoms. The number of aryl methyl sites for hydroxylation is 1. The van der Waals surface area contributed by atoms with Gasteiger partial charge in [0, 0.05) is 17.9 Å². The highest BCUT2D eigenvalue weighted by molar-refractivity contribution is 7.87. The predicted octanol–water partition coefficient (Wildman–Crippen LogP) is 3.12. The van der Waals surface area contributed by atoms with Crippen LogP contribution in [0, 0.1) is 19.3 Å². The normalized spacial score (nSPS) is 11.9. The molecule has 2 aromatic rings. The number of esters is 1. The summed E-state index contributed by atoms with van der Waals surface area (Å²) < 4.78 is 69.1. The zero-order chi connectivity index (χ0) is 20.4.